The fourth-order valence-electron chi connectivity index (χ4n) is 6.80. The highest BCUT2D eigenvalue weighted by atomic mass is 32.1. The number of β-amino-alcohol motifs (C(OH)–C–C–N with tert-alkyl or cyclic N) is 1. The topological polar surface area (TPSA) is 104 Å². The third-order valence-corrected chi connectivity index (χ3v) is 10.4. The van der Waals surface area contributed by atoms with Gasteiger partial charge in [-0.25, -0.2) is 18.7 Å². The summed E-state index contributed by atoms with van der Waals surface area (Å²) in [5, 5.41) is 25.0. The molecule has 0 saturated carbocycles. The van der Waals surface area contributed by atoms with Crippen molar-refractivity contribution in [2.24, 2.45) is 5.41 Å². The Morgan fingerprint density at radius 3 is 2.52 bits per heavy atom. The Balaban J connectivity index is 1.13. The smallest absolute Gasteiger partial charge is 0.320 e. The van der Waals surface area contributed by atoms with E-state index in [1.165, 1.54) is 23.5 Å². The van der Waals surface area contributed by atoms with Gasteiger partial charge in [-0.2, -0.15) is 10.4 Å². The molecule has 3 fully saturated rings. The van der Waals surface area contributed by atoms with Crippen molar-refractivity contribution in [3.05, 3.63) is 58.5 Å². The summed E-state index contributed by atoms with van der Waals surface area (Å²) in [4.78, 5) is 26.1. The van der Waals surface area contributed by atoms with Crippen LogP contribution in [0.4, 0.5) is 25.7 Å². The number of nitrogens with zero attached hydrogens (tertiary/aromatic N) is 8. The third-order valence-electron chi connectivity index (χ3n) is 9.38. The highest BCUT2D eigenvalue weighted by Gasteiger charge is 2.48. The Bertz CT molecular complexity index is 1770. The molecule has 2 amide bonds. The molecule has 10 nitrogen and oxygen atoms in total. The van der Waals surface area contributed by atoms with Crippen molar-refractivity contribution < 1.29 is 14.3 Å². The number of aliphatic hydroxyl groups is 1. The van der Waals surface area contributed by atoms with Crippen LogP contribution in [0.5, 0.6) is 0 Å². The van der Waals surface area contributed by atoms with Crippen LogP contribution in [-0.4, -0.2) is 88.0 Å². The van der Waals surface area contributed by atoms with E-state index in [1.54, 1.807) is 17.0 Å². The molecule has 1 aromatic carbocycles. The SMILES string of the molecule is CCc1nn2c(C)cc(N3CCC4(CC3)CN(C(=O)N3CC(O)C3)C4)cc2c1N(C)c1nc(-c2ccc(F)cc2)c(C#N)s1. The number of halogens is 1. The second-order valence-electron chi connectivity index (χ2n) is 12.3. The zero-order chi connectivity index (χ0) is 30.7. The summed E-state index contributed by atoms with van der Waals surface area (Å²) in [5.74, 6) is -0.331. The number of hydrogen-bond donors (Lipinski definition) is 1. The average Bonchev–Trinajstić information content (AvgIpc) is 3.60. The number of amides is 2. The van der Waals surface area contributed by atoms with E-state index < -0.39 is 0 Å². The molecule has 3 aliphatic rings. The lowest BCUT2D eigenvalue weighted by molar-refractivity contribution is -0.0311. The van der Waals surface area contributed by atoms with Gasteiger partial charge in [-0.3, -0.25) is 0 Å². The number of aromatic nitrogens is 3. The van der Waals surface area contributed by atoms with Crippen LogP contribution < -0.4 is 9.80 Å². The Hall–Kier alpha value is -4.21. The number of carbonyl (C=O) groups is 1. The minimum Gasteiger partial charge on any atom is -0.389 e. The molecule has 0 aliphatic carbocycles. The molecule has 44 heavy (non-hydrogen) atoms. The Morgan fingerprint density at radius 2 is 1.89 bits per heavy atom. The minimum absolute atomic E-state index is 0.0560. The second kappa shape index (κ2) is 10.7. The summed E-state index contributed by atoms with van der Waals surface area (Å²) >= 11 is 1.32. The van der Waals surface area contributed by atoms with Crippen LogP contribution in [0.15, 0.2) is 36.4 Å². The first-order valence-corrected chi connectivity index (χ1v) is 15.9. The number of anilines is 3. The molecule has 0 unspecified atom stereocenters. The number of hydrogen-bond acceptors (Lipinski definition) is 8. The Kier molecular flexibility index (Phi) is 6.98. The van der Waals surface area contributed by atoms with Gasteiger partial charge >= 0.3 is 6.03 Å². The van der Waals surface area contributed by atoms with Crippen LogP contribution >= 0.6 is 11.3 Å². The van der Waals surface area contributed by atoms with Crippen molar-refractivity contribution >= 4 is 39.4 Å². The highest BCUT2D eigenvalue weighted by molar-refractivity contribution is 7.16. The van der Waals surface area contributed by atoms with Crippen molar-refractivity contribution in [3.63, 3.8) is 0 Å². The van der Waals surface area contributed by atoms with Gasteiger partial charge in [0.1, 0.15) is 22.5 Å². The van der Waals surface area contributed by atoms with Gasteiger partial charge in [0.15, 0.2) is 5.13 Å². The predicted octanol–water partition coefficient (Wildman–Crippen LogP) is 4.81. The lowest BCUT2D eigenvalue weighted by Crippen LogP contribution is -2.67. The van der Waals surface area contributed by atoms with E-state index in [0.29, 0.717) is 34.4 Å². The maximum Gasteiger partial charge on any atom is 0.320 e. The van der Waals surface area contributed by atoms with Crippen molar-refractivity contribution in [3.8, 4) is 17.3 Å². The van der Waals surface area contributed by atoms with E-state index in [4.69, 9.17) is 10.1 Å². The number of nitriles is 1. The third kappa shape index (κ3) is 4.75. The fourth-order valence-corrected chi connectivity index (χ4v) is 7.66. The molecule has 3 aromatic heterocycles. The van der Waals surface area contributed by atoms with Gasteiger partial charge in [0.25, 0.3) is 0 Å². The molecule has 0 atom stereocenters. The van der Waals surface area contributed by atoms with Crippen molar-refractivity contribution in [2.75, 3.05) is 56.1 Å². The minimum atomic E-state index is -0.377. The monoisotopic (exact) mass is 614 g/mol. The van der Waals surface area contributed by atoms with Crippen LogP contribution in [-0.2, 0) is 6.42 Å². The molecular weight excluding hydrogens is 579 g/mol. The molecule has 3 aliphatic heterocycles. The predicted molar refractivity (Wildman–Crippen MR) is 168 cm³/mol. The van der Waals surface area contributed by atoms with Gasteiger partial charge in [-0.1, -0.05) is 18.3 Å². The van der Waals surface area contributed by atoms with Gasteiger partial charge in [-0.15, -0.1) is 0 Å². The summed E-state index contributed by atoms with van der Waals surface area (Å²) in [6.07, 6.45) is 2.41. The summed E-state index contributed by atoms with van der Waals surface area (Å²) in [6.45, 7) is 8.47. The highest BCUT2D eigenvalue weighted by Crippen LogP contribution is 2.43. The van der Waals surface area contributed by atoms with Crippen LogP contribution in [0.3, 0.4) is 0 Å². The number of likely N-dealkylation sites (tertiary alicyclic amines) is 2. The van der Waals surface area contributed by atoms with E-state index in [2.05, 4.69) is 36.9 Å². The van der Waals surface area contributed by atoms with Gasteiger partial charge in [0.2, 0.25) is 0 Å². The normalized spacial score (nSPS) is 18.0. The summed E-state index contributed by atoms with van der Waals surface area (Å²) in [5.41, 5.74) is 6.49. The molecule has 1 N–H and O–H groups in total. The van der Waals surface area contributed by atoms with Crippen molar-refractivity contribution in [1.29, 1.82) is 5.26 Å². The lowest BCUT2D eigenvalue weighted by atomic mass is 9.72. The van der Waals surface area contributed by atoms with Gasteiger partial charge in [-0.05, 0) is 62.6 Å². The van der Waals surface area contributed by atoms with Gasteiger partial charge in [0.05, 0.1) is 36.1 Å². The number of piperidine rings is 1. The Morgan fingerprint density at radius 1 is 1.18 bits per heavy atom. The summed E-state index contributed by atoms with van der Waals surface area (Å²) in [6, 6.07) is 12.8. The molecule has 1 spiro atoms. The summed E-state index contributed by atoms with van der Waals surface area (Å²) in [7, 11) is 1.96. The molecule has 7 rings (SSSR count). The van der Waals surface area contributed by atoms with E-state index in [-0.39, 0.29) is 23.4 Å². The number of aliphatic hydroxyl groups excluding tert-OH is 1. The first-order valence-electron chi connectivity index (χ1n) is 15.1. The maximum atomic E-state index is 13.6. The van der Waals surface area contributed by atoms with Crippen LogP contribution in [0.2, 0.25) is 0 Å². The lowest BCUT2D eigenvalue weighted by Gasteiger charge is -2.55. The van der Waals surface area contributed by atoms with Crippen molar-refractivity contribution in [2.45, 2.75) is 39.2 Å². The van der Waals surface area contributed by atoms with Gasteiger partial charge in [0, 0.05) is 55.6 Å². The number of carbonyl (C=O) groups excluding carboxylic acids is 1. The van der Waals surface area contributed by atoms with E-state index in [9.17, 15) is 19.6 Å². The molecule has 12 heteroatoms. The maximum absolute atomic E-state index is 13.6. The molecule has 0 radical (unpaired) electrons. The zero-order valence-electron chi connectivity index (χ0n) is 25.1. The standard InChI is InChI=1S/C32H35FN8O2S/c1-4-25-29(37(3)30-35-28(27(15-34)44-30)21-5-7-22(33)8-6-21)26-14-23(13-20(2)41(26)36-25)38-11-9-32(10-12-38)18-40(19-32)31(43)39-16-24(42)17-39/h5-8,13-14,24,42H,4,9-12,16-19H2,1-3H3. The first kappa shape index (κ1) is 28.6. The molecule has 6 heterocycles. The number of aryl methyl sites for hydroxylation is 2. The quantitative estimate of drug-likeness (QED) is 0.344. The molecule has 0 bridgehead atoms. The van der Waals surface area contributed by atoms with Gasteiger partial charge < -0.3 is 24.7 Å². The molecule has 4 aromatic rings. The average molecular weight is 615 g/mol. The fraction of sp³-hybridized carbons (Fsp3) is 0.438. The number of fused-ring (bicyclic) bond motifs is 1. The zero-order valence-corrected chi connectivity index (χ0v) is 25.9. The summed E-state index contributed by atoms with van der Waals surface area (Å²) < 4.78 is 15.6. The first-order chi connectivity index (χ1) is 21.2. The van der Waals surface area contributed by atoms with E-state index in [1.807, 2.05) is 21.4 Å². The number of rotatable bonds is 5. The number of thiazole rings is 1. The number of pyridine rings is 1. The van der Waals surface area contributed by atoms with E-state index >= 15 is 0 Å². The largest absolute Gasteiger partial charge is 0.389 e. The second-order valence-corrected chi connectivity index (χ2v) is 13.3. The van der Waals surface area contributed by atoms with Crippen molar-refractivity contribution in [1.82, 2.24) is 24.4 Å². The molecule has 228 valence electrons. The molecular formula is C32H35FN8O2S. The number of urea groups is 1. The van der Waals surface area contributed by atoms with Crippen LogP contribution in [0.25, 0.3) is 16.8 Å². The number of benzene rings is 1. The van der Waals surface area contributed by atoms with Crippen LogP contribution in [0, 0.1) is 29.5 Å². The van der Waals surface area contributed by atoms with Crippen LogP contribution in [0.1, 0.15) is 36.0 Å². The van der Waals surface area contributed by atoms with E-state index in [0.717, 1.165) is 73.7 Å². The molecule has 3 saturated heterocycles. The Labute approximate surface area is 259 Å².